The highest BCUT2D eigenvalue weighted by Crippen LogP contribution is 2.22. The number of pyridine rings is 1. The Kier molecular flexibility index (Phi) is 2.64. The topological polar surface area (TPSA) is 61.8 Å². The minimum absolute atomic E-state index is 0.262. The molecule has 4 nitrogen and oxygen atoms in total. The number of methoxy groups -OCH3 is 1. The number of ether oxygens (including phenoxy) is 1. The van der Waals surface area contributed by atoms with E-state index in [-0.39, 0.29) is 5.15 Å². The highest BCUT2D eigenvalue weighted by Gasteiger charge is 2.02. The number of halogens is 1. The van der Waals surface area contributed by atoms with Crippen molar-refractivity contribution >= 4 is 17.3 Å². The molecular formula is C6H7ClN2O2. The summed E-state index contributed by atoms with van der Waals surface area (Å²) in [5, 5.41) is 10.5. The summed E-state index contributed by atoms with van der Waals surface area (Å²) in [6.45, 7) is 0. The van der Waals surface area contributed by atoms with E-state index in [0.29, 0.717) is 16.9 Å². The van der Waals surface area contributed by atoms with Gasteiger partial charge in [0.15, 0.2) is 16.6 Å². The van der Waals surface area contributed by atoms with Crippen LogP contribution < -0.4 is 10.2 Å². The molecule has 0 aliphatic carbocycles. The molecule has 0 bridgehead atoms. The van der Waals surface area contributed by atoms with Crippen LogP contribution in [0.2, 0.25) is 5.15 Å². The smallest absolute Gasteiger partial charge is 0.171 e. The molecule has 0 spiro atoms. The zero-order valence-electron chi connectivity index (χ0n) is 5.87. The van der Waals surface area contributed by atoms with Crippen molar-refractivity contribution in [2.45, 2.75) is 0 Å². The maximum Gasteiger partial charge on any atom is 0.171 e. The van der Waals surface area contributed by atoms with E-state index in [2.05, 4.69) is 4.98 Å². The average Bonchev–Trinajstić information content (AvgIpc) is 2.05. The molecule has 1 heterocycles. The first-order valence-corrected chi connectivity index (χ1v) is 3.30. The number of quaternary nitrogens is 1. The second kappa shape index (κ2) is 3.52. The average molecular weight is 175 g/mol. The van der Waals surface area contributed by atoms with Crippen molar-refractivity contribution < 1.29 is 10.2 Å². The largest absolute Gasteiger partial charge is 0.630 e. The van der Waals surface area contributed by atoms with Crippen LogP contribution in [0.4, 0.5) is 5.69 Å². The molecule has 0 saturated carbocycles. The van der Waals surface area contributed by atoms with E-state index in [9.17, 15) is 5.21 Å². The number of nitrogens with zero attached hydrogens (tertiary/aromatic N) is 1. The fraction of sp³-hybridized carbons (Fsp3) is 0.167. The summed E-state index contributed by atoms with van der Waals surface area (Å²) >= 11 is 5.60. The van der Waals surface area contributed by atoms with Crippen LogP contribution in [0.15, 0.2) is 12.3 Å². The van der Waals surface area contributed by atoms with Crippen molar-refractivity contribution in [3.8, 4) is 5.75 Å². The van der Waals surface area contributed by atoms with Crippen molar-refractivity contribution in [2.75, 3.05) is 7.11 Å². The van der Waals surface area contributed by atoms with Crippen molar-refractivity contribution in [1.82, 2.24) is 4.98 Å². The van der Waals surface area contributed by atoms with E-state index >= 15 is 0 Å². The van der Waals surface area contributed by atoms with Gasteiger partial charge in [0.05, 0.1) is 13.3 Å². The lowest BCUT2D eigenvalue weighted by molar-refractivity contribution is -0.497. The Morgan fingerprint density at radius 2 is 2.45 bits per heavy atom. The second-order valence-corrected chi connectivity index (χ2v) is 2.24. The number of nitrogens with two attached hydrogens (primary N) is 1. The van der Waals surface area contributed by atoms with Gasteiger partial charge in [-0.3, -0.25) is 0 Å². The normalized spacial score (nSPS) is 9.73. The molecule has 5 heteroatoms. The molecule has 0 saturated heterocycles. The Morgan fingerprint density at radius 3 is 3.00 bits per heavy atom. The predicted octanol–water partition coefficient (Wildman–Crippen LogP) is 0.436. The van der Waals surface area contributed by atoms with Crippen molar-refractivity contribution in [2.24, 2.45) is 0 Å². The number of hydrogen-bond acceptors (Lipinski definition) is 3. The molecule has 0 atom stereocenters. The summed E-state index contributed by atoms with van der Waals surface area (Å²) < 4.78 is 4.83. The van der Waals surface area contributed by atoms with E-state index in [1.165, 1.54) is 19.4 Å². The first kappa shape index (κ1) is 8.26. The van der Waals surface area contributed by atoms with E-state index in [1.54, 1.807) is 0 Å². The molecule has 0 aliphatic heterocycles. The lowest BCUT2D eigenvalue weighted by Crippen LogP contribution is -2.70. The van der Waals surface area contributed by atoms with Crippen LogP contribution in [0.25, 0.3) is 0 Å². The predicted molar refractivity (Wildman–Crippen MR) is 40.8 cm³/mol. The van der Waals surface area contributed by atoms with Gasteiger partial charge in [0, 0.05) is 6.07 Å². The Morgan fingerprint density at radius 1 is 1.73 bits per heavy atom. The van der Waals surface area contributed by atoms with Gasteiger partial charge >= 0.3 is 0 Å². The Hall–Kier alpha value is -0.840. The van der Waals surface area contributed by atoms with Gasteiger partial charge in [-0.05, 0) is 0 Å². The minimum atomic E-state index is 0.262. The van der Waals surface area contributed by atoms with Crippen LogP contribution in [0.5, 0.6) is 5.75 Å². The van der Waals surface area contributed by atoms with E-state index in [0.717, 1.165) is 0 Å². The molecule has 0 amide bonds. The summed E-state index contributed by atoms with van der Waals surface area (Å²) in [5.41, 5.74) is 1.14. The third kappa shape index (κ3) is 1.80. The van der Waals surface area contributed by atoms with Crippen LogP contribution in [0, 0.1) is 5.21 Å². The summed E-state index contributed by atoms with van der Waals surface area (Å²) in [7, 11) is 1.47. The van der Waals surface area contributed by atoms with Crippen molar-refractivity contribution in [1.29, 1.82) is 0 Å². The maximum atomic E-state index is 10.2. The van der Waals surface area contributed by atoms with E-state index in [4.69, 9.17) is 16.3 Å². The Bertz CT molecular complexity index is 254. The quantitative estimate of drug-likeness (QED) is 0.523. The van der Waals surface area contributed by atoms with Crippen molar-refractivity contribution in [3.05, 3.63) is 22.6 Å². The van der Waals surface area contributed by atoms with Gasteiger partial charge in [-0.1, -0.05) is 11.6 Å². The molecular weight excluding hydrogens is 168 g/mol. The van der Waals surface area contributed by atoms with E-state index < -0.39 is 0 Å². The second-order valence-electron chi connectivity index (χ2n) is 1.88. The molecule has 1 aromatic rings. The number of aromatic nitrogens is 1. The van der Waals surface area contributed by atoms with Crippen molar-refractivity contribution in [3.63, 3.8) is 0 Å². The number of hydrogen-bond donors (Lipinski definition) is 1. The van der Waals surface area contributed by atoms with Crippen LogP contribution in [0.1, 0.15) is 0 Å². The molecule has 2 N–H and O–H groups in total. The van der Waals surface area contributed by atoms with Gasteiger partial charge in [-0.2, -0.15) is 0 Å². The Labute approximate surface area is 68.7 Å². The molecule has 60 valence electrons. The van der Waals surface area contributed by atoms with Gasteiger partial charge in [0.25, 0.3) is 0 Å². The van der Waals surface area contributed by atoms with Crippen LogP contribution in [-0.4, -0.2) is 12.1 Å². The maximum absolute atomic E-state index is 10.2. The molecule has 1 rings (SSSR count). The zero-order chi connectivity index (χ0) is 8.27. The summed E-state index contributed by atoms with van der Waals surface area (Å²) in [6.07, 6.45) is 1.39. The van der Waals surface area contributed by atoms with Crippen LogP contribution in [-0.2, 0) is 0 Å². The third-order valence-electron chi connectivity index (χ3n) is 1.18. The standard InChI is InChI=1S/C6H7ClN2O2/c1-11-5-2-4(9-10)3-8-6(5)7/h2-3H,9H2,1H3. The zero-order valence-corrected chi connectivity index (χ0v) is 6.63. The van der Waals surface area contributed by atoms with Gasteiger partial charge in [-0.25, -0.2) is 4.98 Å². The fourth-order valence-corrected chi connectivity index (χ4v) is 0.831. The summed E-state index contributed by atoms with van der Waals surface area (Å²) in [4.78, 5) is 3.73. The van der Waals surface area contributed by atoms with Gasteiger partial charge < -0.3 is 15.4 Å². The Balaban J connectivity index is 3.02. The minimum Gasteiger partial charge on any atom is -0.630 e. The van der Waals surface area contributed by atoms with E-state index in [1.807, 2.05) is 0 Å². The lowest BCUT2D eigenvalue weighted by Gasteiger charge is -2.04. The highest BCUT2D eigenvalue weighted by molar-refractivity contribution is 6.30. The molecule has 0 aliphatic rings. The number of rotatable bonds is 2. The first-order valence-electron chi connectivity index (χ1n) is 2.92. The monoisotopic (exact) mass is 174 g/mol. The SMILES string of the molecule is COc1cc([NH2+][O-])cnc1Cl. The highest BCUT2D eigenvalue weighted by atomic mass is 35.5. The van der Waals surface area contributed by atoms with Gasteiger partial charge in [0.2, 0.25) is 0 Å². The molecule has 11 heavy (non-hydrogen) atoms. The molecule has 0 unspecified atom stereocenters. The van der Waals surface area contributed by atoms with Crippen LogP contribution >= 0.6 is 11.6 Å². The van der Waals surface area contributed by atoms with Gasteiger partial charge in [-0.15, -0.1) is 0 Å². The molecule has 0 aromatic carbocycles. The molecule has 0 fully saturated rings. The lowest BCUT2D eigenvalue weighted by atomic mass is 10.4. The summed E-state index contributed by atoms with van der Waals surface area (Å²) in [6, 6.07) is 1.53. The van der Waals surface area contributed by atoms with Gasteiger partial charge in [0.1, 0.15) is 0 Å². The fourth-order valence-electron chi connectivity index (χ4n) is 0.651. The third-order valence-corrected chi connectivity index (χ3v) is 1.47. The summed E-state index contributed by atoms with van der Waals surface area (Å²) in [5.74, 6) is 0.413. The molecule has 0 radical (unpaired) electrons. The molecule has 1 aromatic heterocycles. The van der Waals surface area contributed by atoms with Crippen LogP contribution in [0.3, 0.4) is 0 Å². The first-order chi connectivity index (χ1) is 5.27.